The van der Waals surface area contributed by atoms with Crippen molar-refractivity contribution in [3.05, 3.63) is 65.6 Å². The maximum Gasteiger partial charge on any atom is 0.161 e. The number of halogens is 1. The van der Waals surface area contributed by atoms with Crippen LogP contribution in [0.15, 0.2) is 48.9 Å². The van der Waals surface area contributed by atoms with E-state index in [4.69, 9.17) is 4.74 Å². The van der Waals surface area contributed by atoms with E-state index in [0.29, 0.717) is 29.2 Å². The van der Waals surface area contributed by atoms with E-state index < -0.39 is 31.0 Å². The van der Waals surface area contributed by atoms with E-state index in [2.05, 4.69) is 25.4 Å². The summed E-state index contributed by atoms with van der Waals surface area (Å²) in [6.07, 6.45) is 0.890. The minimum atomic E-state index is -1.05. The largest absolute Gasteiger partial charge is 0.394 e. The second-order valence-corrected chi connectivity index (χ2v) is 10.9. The number of aryl methyl sites for hydroxylation is 1. The maximum absolute atomic E-state index is 14.6. The van der Waals surface area contributed by atoms with Crippen LogP contribution in [0.5, 0.6) is 0 Å². The summed E-state index contributed by atoms with van der Waals surface area (Å²) in [7, 11) is 3.54. The van der Waals surface area contributed by atoms with E-state index in [1.165, 1.54) is 12.4 Å². The van der Waals surface area contributed by atoms with Crippen LogP contribution in [0.3, 0.4) is 0 Å². The number of benzene rings is 2. The van der Waals surface area contributed by atoms with Crippen molar-refractivity contribution in [2.24, 2.45) is 0 Å². The Hall–Kier alpha value is -3.78. The number of rotatable bonds is 6. The number of ether oxygens (including phenoxy) is 1. The lowest BCUT2D eigenvalue weighted by Crippen LogP contribution is -2.45. The molecule has 0 amide bonds. The first kappa shape index (κ1) is 25.5. The second-order valence-electron chi connectivity index (χ2n) is 9.70. The molecule has 5 aromatic rings. The third-order valence-corrected chi connectivity index (χ3v) is 7.84. The van der Waals surface area contributed by atoms with Crippen molar-refractivity contribution in [1.82, 2.24) is 34.7 Å². The smallest absolute Gasteiger partial charge is 0.161 e. The van der Waals surface area contributed by atoms with Crippen molar-refractivity contribution >= 4 is 27.2 Å². The van der Waals surface area contributed by atoms with Crippen LogP contribution >= 0.6 is 11.3 Å². The lowest BCUT2D eigenvalue weighted by atomic mass is 9.95. The number of aliphatic hydroxyl groups is 2. The molecule has 6 rings (SSSR count). The molecule has 202 valence electrons. The van der Waals surface area contributed by atoms with Crippen LogP contribution in [0.4, 0.5) is 10.1 Å². The summed E-state index contributed by atoms with van der Waals surface area (Å²) in [6.45, 7) is 1.57. The van der Waals surface area contributed by atoms with E-state index in [9.17, 15) is 14.6 Å². The lowest BCUT2D eigenvalue weighted by Gasteiger charge is -2.38. The van der Waals surface area contributed by atoms with E-state index in [1.54, 1.807) is 58.0 Å². The second kappa shape index (κ2) is 10.1. The van der Waals surface area contributed by atoms with Gasteiger partial charge in [-0.1, -0.05) is 11.3 Å². The van der Waals surface area contributed by atoms with Gasteiger partial charge in [0.2, 0.25) is 0 Å². The van der Waals surface area contributed by atoms with Gasteiger partial charge >= 0.3 is 0 Å². The minimum absolute atomic E-state index is 0.301. The van der Waals surface area contributed by atoms with Crippen LogP contribution in [-0.2, 0) is 4.74 Å². The third-order valence-electron chi connectivity index (χ3n) is 6.91. The van der Waals surface area contributed by atoms with E-state index in [-0.39, 0.29) is 5.82 Å². The SMILES string of the molecule is Cc1nc2ccc(-n3ncnc3[C@H]3C[C@@H](n4cc(-c5ccc(N(C)C)c(F)c5)nn4)[C@@H](O)[C@@H](CO)O3)cc2s1. The Morgan fingerprint density at radius 3 is 2.82 bits per heavy atom. The molecule has 1 aliphatic rings. The Bertz CT molecular complexity index is 1630. The summed E-state index contributed by atoms with van der Waals surface area (Å²) in [5, 5.41) is 34.9. The fourth-order valence-electron chi connectivity index (χ4n) is 4.96. The number of thiazole rings is 1. The van der Waals surface area contributed by atoms with E-state index in [0.717, 1.165) is 20.9 Å². The molecule has 0 radical (unpaired) electrons. The normalized spacial score (nSPS) is 21.5. The van der Waals surface area contributed by atoms with Gasteiger partial charge in [-0.25, -0.2) is 23.7 Å². The predicted octanol–water partition coefficient (Wildman–Crippen LogP) is 3.07. The Morgan fingerprint density at radius 2 is 2.05 bits per heavy atom. The molecule has 0 saturated carbocycles. The van der Waals surface area contributed by atoms with Crippen LogP contribution in [0, 0.1) is 12.7 Å². The number of hydrogen-bond donors (Lipinski definition) is 2. The van der Waals surface area contributed by atoms with Gasteiger partial charge in [0.05, 0.1) is 45.4 Å². The molecule has 2 N–H and O–H groups in total. The molecule has 0 spiro atoms. The highest BCUT2D eigenvalue weighted by atomic mass is 32.1. The predicted molar refractivity (Wildman–Crippen MR) is 143 cm³/mol. The Kier molecular flexibility index (Phi) is 6.59. The molecule has 1 aliphatic heterocycles. The lowest BCUT2D eigenvalue weighted by molar-refractivity contribution is -0.161. The molecular weight excluding hydrogens is 523 g/mol. The summed E-state index contributed by atoms with van der Waals surface area (Å²) < 4.78 is 24.9. The zero-order valence-corrected chi connectivity index (χ0v) is 22.3. The number of fused-ring (bicyclic) bond motifs is 1. The average molecular weight is 551 g/mol. The zero-order valence-electron chi connectivity index (χ0n) is 21.5. The minimum Gasteiger partial charge on any atom is -0.394 e. The van der Waals surface area contributed by atoms with Gasteiger partial charge in [0, 0.05) is 26.1 Å². The molecule has 2 aromatic carbocycles. The molecule has 4 atom stereocenters. The van der Waals surface area contributed by atoms with Crippen LogP contribution in [0.25, 0.3) is 27.2 Å². The monoisotopic (exact) mass is 550 g/mol. The van der Waals surface area contributed by atoms with Crippen LogP contribution in [0.1, 0.15) is 29.4 Å². The quantitative estimate of drug-likeness (QED) is 0.328. The van der Waals surface area contributed by atoms with Gasteiger partial charge in [0.25, 0.3) is 0 Å². The van der Waals surface area contributed by atoms with E-state index >= 15 is 0 Å². The van der Waals surface area contributed by atoms with Crippen LogP contribution in [-0.4, -0.2) is 77.9 Å². The van der Waals surface area contributed by atoms with Crippen molar-refractivity contribution in [3.63, 3.8) is 0 Å². The van der Waals surface area contributed by atoms with Gasteiger partial charge in [-0.15, -0.1) is 16.4 Å². The fourth-order valence-corrected chi connectivity index (χ4v) is 5.82. The molecule has 1 fully saturated rings. The van der Waals surface area contributed by atoms with Crippen LogP contribution < -0.4 is 4.90 Å². The number of anilines is 1. The average Bonchev–Trinajstić information content (AvgIpc) is 3.67. The Labute approximate surface area is 227 Å². The highest BCUT2D eigenvalue weighted by Gasteiger charge is 2.41. The topological polar surface area (TPSA) is 127 Å². The summed E-state index contributed by atoms with van der Waals surface area (Å²) in [4.78, 5) is 10.7. The summed E-state index contributed by atoms with van der Waals surface area (Å²) in [5.41, 5.74) is 3.21. The zero-order chi connectivity index (χ0) is 27.3. The van der Waals surface area contributed by atoms with Crippen molar-refractivity contribution < 1.29 is 19.3 Å². The number of nitrogens with zero attached hydrogens (tertiary/aromatic N) is 8. The number of aromatic nitrogens is 7. The number of aliphatic hydroxyl groups excluding tert-OH is 2. The summed E-state index contributed by atoms with van der Waals surface area (Å²) in [5.74, 6) is 0.164. The first-order chi connectivity index (χ1) is 18.8. The highest BCUT2D eigenvalue weighted by molar-refractivity contribution is 7.18. The van der Waals surface area contributed by atoms with Gasteiger partial charge in [-0.2, -0.15) is 5.10 Å². The molecule has 4 heterocycles. The van der Waals surface area contributed by atoms with E-state index in [1.807, 2.05) is 25.1 Å². The molecule has 0 unspecified atom stereocenters. The fraction of sp³-hybridized carbons (Fsp3) is 0.346. The molecular formula is C26H27FN8O3S. The van der Waals surface area contributed by atoms with Crippen molar-refractivity contribution in [1.29, 1.82) is 0 Å². The van der Waals surface area contributed by atoms with Gasteiger partial charge < -0.3 is 19.8 Å². The van der Waals surface area contributed by atoms with Crippen molar-refractivity contribution in [2.45, 2.75) is 37.7 Å². The summed E-state index contributed by atoms with van der Waals surface area (Å²) in [6, 6.07) is 10.1. The van der Waals surface area contributed by atoms with Crippen LogP contribution in [0.2, 0.25) is 0 Å². The molecule has 13 heteroatoms. The third kappa shape index (κ3) is 4.67. The standard InChI is InChI=1S/C26H27FN8O3S/c1-14-30-18-6-5-16(9-24(18)39-14)35-26(28-13-29-35)22-10-21(25(37)23(12-36)38-22)34-11-19(31-32-34)15-4-7-20(33(2)3)17(27)8-15/h4-9,11,13,21-23,25,36-37H,10,12H2,1-3H3/t21-,22-,23-,25-/m1/s1. The first-order valence-electron chi connectivity index (χ1n) is 12.4. The van der Waals surface area contributed by atoms with Gasteiger partial charge in [-0.05, 0) is 37.3 Å². The van der Waals surface area contributed by atoms with Gasteiger partial charge in [-0.3, -0.25) is 0 Å². The number of hydrogen-bond acceptors (Lipinski definition) is 10. The van der Waals surface area contributed by atoms with Gasteiger partial charge in [0.15, 0.2) is 5.82 Å². The Balaban J connectivity index is 1.31. The molecule has 3 aromatic heterocycles. The molecule has 39 heavy (non-hydrogen) atoms. The molecule has 0 bridgehead atoms. The maximum atomic E-state index is 14.6. The highest BCUT2D eigenvalue weighted by Crippen LogP contribution is 2.38. The molecule has 1 saturated heterocycles. The molecule has 0 aliphatic carbocycles. The van der Waals surface area contributed by atoms with Crippen molar-refractivity contribution in [3.8, 4) is 16.9 Å². The summed E-state index contributed by atoms with van der Waals surface area (Å²) >= 11 is 1.60. The Morgan fingerprint density at radius 1 is 1.21 bits per heavy atom. The molecule has 11 nitrogen and oxygen atoms in total. The van der Waals surface area contributed by atoms with Gasteiger partial charge in [0.1, 0.15) is 36.2 Å². The first-order valence-corrected chi connectivity index (χ1v) is 13.2. The van der Waals surface area contributed by atoms with Crippen molar-refractivity contribution in [2.75, 3.05) is 25.6 Å².